The standard InChI is InChI=1S/C17H28N2O5/c1-3-5-6-7-8-9-12(4-2)24-14(20)11-10-13-15(21)18-17(23)19-16(13)22/h12-13H,3-11H2,1-2H3,(H2,18,19,21,22,23). The average molecular weight is 340 g/mol. The van der Waals surface area contributed by atoms with Gasteiger partial charge in [-0.25, -0.2) is 4.79 Å². The number of ether oxygens (including phenoxy) is 1. The lowest BCUT2D eigenvalue weighted by Crippen LogP contribution is -2.55. The van der Waals surface area contributed by atoms with E-state index in [-0.39, 0.29) is 18.9 Å². The first-order chi connectivity index (χ1) is 11.5. The number of urea groups is 1. The molecule has 136 valence electrons. The first-order valence-electron chi connectivity index (χ1n) is 8.83. The molecule has 1 rings (SSSR count). The second-order valence-corrected chi connectivity index (χ2v) is 6.12. The number of barbiturate groups is 1. The van der Waals surface area contributed by atoms with Crippen molar-refractivity contribution in [2.75, 3.05) is 0 Å². The topological polar surface area (TPSA) is 102 Å². The fourth-order valence-corrected chi connectivity index (χ4v) is 2.64. The lowest BCUT2D eigenvalue weighted by molar-refractivity contribution is -0.150. The SMILES string of the molecule is CCCCCCCC(CC)OC(=O)CCC1C(=O)NC(=O)NC1=O. The smallest absolute Gasteiger partial charge is 0.328 e. The molecule has 0 spiro atoms. The summed E-state index contributed by atoms with van der Waals surface area (Å²) in [6, 6.07) is -0.821. The molecular weight excluding hydrogens is 312 g/mol. The highest BCUT2D eigenvalue weighted by atomic mass is 16.5. The van der Waals surface area contributed by atoms with Crippen LogP contribution in [0.1, 0.15) is 71.6 Å². The lowest BCUT2D eigenvalue weighted by Gasteiger charge is -2.21. The van der Waals surface area contributed by atoms with Crippen LogP contribution in [0.2, 0.25) is 0 Å². The summed E-state index contributed by atoms with van der Waals surface area (Å²) in [4.78, 5) is 46.1. The molecule has 0 radical (unpaired) electrons. The van der Waals surface area contributed by atoms with Crippen LogP contribution >= 0.6 is 0 Å². The van der Waals surface area contributed by atoms with Crippen molar-refractivity contribution in [1.29, 1.82) is 0 Å². The summed E-state index contributed by atoms with van der Waals surface area (Å²) in [5, 5.41) is 4.04. The van der Waals surface area contributed by atoms with Crippen LogP contribution in [0.4, 0.5) is 4.79 Å². The number of esters is 1. The minimum atomic E-state index is -1.02. The molecule has 0 aromatic rings. The molecule has 7 nitrogen and oxygen atoms in total. The lowest BCUT2D eigenvalue weighted by atomic mass is 10.00. The summed E-state index contributed by atoms with van der Waals surface area (Å²) >= 11 is 0. The molecule has 0 saturated carbocycles. The monoisotopic (exact) mass is 340 g/mol. The van der Waals surface area contributed by atoms with Gasteiger partial charge >= 0.3 is 12.0 Å². The van der Waals surface area contributed by atoms with Gasteiger partial charge in [-0.15, -0.1) is 0 Å². The maximum atomic E-state index is 11.9. The number of carbonyl (C=O) groups is 4. The predicted molar refractivity (Wildman–Crippen MR) is 88.0 cm³/mol. The van der Waals surface area contributed by atoms with Crippen LogP contribution < -0.4 is 10.6 Å². The van der Waals surface area contributed by atoms with Crippen LogP contribution in [0.3, 0.4) is 0 Å². The van der Waals surface area contributed by atoms with Crippen LogP contribution in [0.25, 0.3) is 0 Å². The molecule has 24 heavy (non-hydrogen) atoms. The van der Waals surface area contributed by atoms with Crippen LogP contribution in [-0.4, -0.2) is 29.9 Å². The minimum absolute atomic E-state index is 0.0218. The van der Waals surface area contributed by atoms with Gasteiger partial charge in [-0.1, -0.05) is 39.5 Å². The summed E-state index contributed by atoms with van der Waals surface area (Å²) in [5.74, 6) is -2.77. The maximum absolute atomic E-state index is 11.9. The Morgan fingerprint density at radius 1 is 1.04 bits per heavy atom. The quantitative estimate of drug-likeness (QED) is 0.342. The Balaban J connectivity index is 2.29. The summed E-state index contributed by atoms with van der Waals surface area (Å²) in [6.07, 6.45) is 7.27. The minimum Gasteiger partial charge on any atom is -0.462 e. The van der Waals surface area contributed by atoms with E-state index < -0.39 is 29.7 Å². The molecule has 0 aromatic carbocycles. The highest BCUT2D eigenvalue weighted by Crippen LogP contribution is 2.15. The van der Waals surface area contributed by atoms with Gasteiger partial charge in [-0.2, -0.15) is 0 Å². The van der Waals surface area contributed by atoms with Crippen molar-refractivity contribution in [2.45, 2.75) is 77.7 Å². The second-order valence-electron chi connectivity index (χ2n) is 6.12. The highest BCUT2D eigenvalue weighted by molar-refractivity contribution is 6.16. The molecule has 0 bridgehead atoms. The fraction of sp³-hybridized carbons (Fsp3) is 0.765. The highest BCUT2D eigenvalue weighted by Gasteiger charge is 2.34. The summed E-state index contributed by atoms with van der Waals surface area (Å²) in [7, 11) is 0. The van der Waals surface area contributed by atoms with Gasteiger partial charge < -0.3 is 4.74 Å². The Kier molecular flexibility index (Phi) is 9.04. The van der Waals surface area contributed by atoms with Crippen LogP contribution in [0, 0.1) is 5.92 Å². The molecule has 1 atom stereocenters. The first kappa shape index (κ1) is 20.1. The van der Waals surface area contributed by atoms with Crippen LogP contribution in [-0.2, 0) is 19.1 Å². The van der Waals surface area contributed by atoms with Crippen molar-refractivity contribution in [2.24, 2.45) is 5.92 Å². The number of hydrogen-bond donors (Lipinski definition) is 2. The molecule has 1 fully saturated rings. The molecule has 1 unspecified atom stereocenters. The van der Waals surface area contributed by atoms with Gasteiger partial charge in [-0.3, -0.25) is 25.0 Å². The molecule has 1 saturated heterocycles. The summed E-state index contributed by atoms with van der Waals surface area (Å²) in [5.41, 5.74) is 0. The van der Waals surface area contributed by atoms with E-state index in [4.69, 9.17) is 4.74 Å². The van der Waals surface area contributed by atoms with Gasteiger partial charge in [0.2, 0.25) is 11.8 Å². The third kappa shape index (κ3) is 7.10. The molecule has 0 aromatic heterocycles. The van der Waals surface area contributed by atoms with E-state index in [1.807, 2.05) is 17.6 Å². The molecule has 0 aliphatic carbocycles. The Hall–Kier alpha value is -1.92. The van der Waals surface area contributed by atoms with E-state index in [0.717, 1.165) is 25.7 Å². The van der Waals surface area contributed by atoms with Gasteiger partial charge in [-0.05, 0) is 25.7 Å². The van der Waals surface area contributed by atoms with Gasteiger partial charge in [0.15, 0.2) is 0 Å². The van der Waals surface area contributed by atoms with E-state index in [0.29, 0.717) is 0 Å². The zero-order valence-corrected chi connectivity index (χ0v) is 14.6. The molecule has 1 aliphatic rings. The predicted octanol–water partition coefficient (Wildman–Crippen LogP) is 2.43. The molecule has 2 N–H and O–H groups in total. The normalized spacial score (nSPS) is 16.5. The van der Waals surface area contributed by atoms with Crippen LogP contribution in [0.5, 0.6) is 0 Å². The van der Waals surface area contributed by atoms with Crippen molar-refractivity contribution >= 4 is 23.8 Å². The van der Waals surface area contributed by atoms with E-state index >= 15 is 0 Å². The number of rotatable bonds is 11. The maximum Gasteiger partial charge on any atom is 0.328 e. The Bertz CT molecular complexity index is 444. The molecule has 4 amide bonds. The third-order valence-corrected chi connectivity index (χ3v) is 4.13. The van der Waals surface area contributed by atoms with Crippen LogP contribution in [0.15, 0.2) is 0 Å². The van der Waals surface area contributed by atoms with Gasteiger partial charge in [0.1, 0.15) is 12.0 Å². The zero-order valence-electron chi connectivity index (χ0n) is 14.6. The molecule has 7 heteroatoms. The molecule has 1 aliphatic heterocycles. The summed E-state index contributed by atoms with van der Waals surface area (Å²) in [6.45, 7) is 4.14. The van der Waals surface area contributed by atoms with Crippen molar-refractivity contribution in [3.8, 4) is 0 Å². The van der Waals surface area contributed by atoms with Crippen molar-refractivity contribution in [3.63, 3.8) is 0 Å². The van der Waals surface area contributed by atoms with Crippen molar-refractivity contribution in [3.05, 3.63) is 0 Å². The Labute approximate surface area is 142 Å². The fourth-order valence-electron chi connectivity index (χ4n) is 2.64. The zero-order chi connectivity index (χ0) is 17.9. The van der Waals surface area contributed by atoms with Gasteiger partial charge in [0, 0.05) is 6.42 Å². The average Bonchev–Trinajstić information content (AvgIpc) is 2.52. The van der Waals surface area contributed by atoms with E-state index in [1.165, 1.54) is 19.3 Å². The van der Waals surface area contributed by atoms with E-state index in [2.05, 4.69) is 6.92 Å². The largest absolute Gasteiger partial charge is 0.462 e. The number of nitrogens with one attached hydrogen (secondary N) is 2. The second kappa shape index (κ2) is 10.8. The van der Waals surface area contributed by atoms with Gasteiger partial charge in [0.25, 0.3) is 0 Å². The van der Waals surface area contributed by atoms with E-state index in [9.17, 15) is 19.2 Å². The molecule has 1 heterocycles. The summed E-state index contributed by atoms with van der Waals surface area (Å²) < 4.78 is 5.42. The number of imide groups is 2. The van der Waals surface area contributed by atoms with Crippen molar-refractivity contribution < 1.29 is 23.9 Å². The van der Waals surface area contributed by atoms with E-state index in [1.54, 1.807) is 0 Å². The molecular formula is C17H28N2O5. The number of carbonyl (C=O) groups excluding carboxylic acids is 4. The number of amides is 4. The van der Waals surface area contributed by atoms with Gasteiger partial charge in [0.05, 0.1) is 0 Å². The first-order valence-corrected chi connectivity index (χ1v) is 8.83. The van der Waals surface area contributed by atoms with Crippen molar-refractivity contribution in [1.82, 2.24) is 10.6 Å². The number of hydrogen-bond acceptors (Lipinski definition) is 5. The number of unbranched alkanes of at least 4 members (excludes halogenated alkanes) is 4. The Morgan fingerprint density at radius 3 is 2.25 bits per heavy atom. The Morgan fingerprint density at radius 2 is 1.67 bits per heavy atom. The third-order valence-electron chi connectivity index (χ3n) is 4.13.